The van der Waals surface area contributed by atoms with Crippen molar-refractivity contribution in [2.24, 2.45) is 140 Å². The van der Waals surface area contributed by atoms with Crippen LogP contribution in [0.1, 0.15) is 233 Å². The van der Waals surface area contributed by atoms with Crippen molar-refractivity contribution in [1.29, 1.82) is 0 Å². The molecule has 748 valence electrons. The maximum Gasteiger partial charge on any atom is 0.377 e. The van der Waals surface area contributed by atoms with Crippen LogP contribution in [0.25, 0.3) is 0 Å². The Balaban J connectivity index is 0.000000119. The molecule has 3 saturated heterocycles. The summed E-state index contributed by atoms with van der Waals surface area (Å²) in [6.07, 6.45) is 18.4. The molecule has 27 heteroatoms. The van der Waals surface area contributed by atoms with E-state index in [0.717, 1.165) is 116 Å². The van der Waals surface area contributed by atoms with Crippen LogP contribution in [0.3, 0.4) is 0 Å². The summed E-state index contributed by atoms with van der Waals surface area (Å²) >= 11 is 0. The molecule has 3 aliphatic heterocycles. The molecule has 24 aliphatic carbocycles. The van der Waals surface area contributed by atoms with Crippen molar-refractivity contribution >= 4 is 80.7 Å². The molecule has 16 atom stereocenters. The molecule has 21 nitrogen and oxygen atoms in total. The lowest BCUT2D eigenvalue weighted by atomic mass is 9.49. The molecule has 24 saturated carbocycles. The number of halogens is 4. The van der Waals surface area contributed by atoms with Crippen molar-refractivity contribution < 1.29 is 118 Å². The Labute approximate surface area is 817 Å². The minimum absolute atomic E-state index is 0.0146. The molecular weight excluding hydrogens is 1820 g/mol. The largest absolute Gasteiger partial charge is 0.465 e. The highest BCUT2D eigenvalue weighted by atomic mass is 32.2. The SMILES string of the molecule is CC(C)(C)c1ccc([S+]2CCOCC2)cc1.CC(F)(F)C(=O)OC12CC3CC(C1)C1(OCC(COC(=O)C45CC6CC(C4)C(=O)C(C6)C5)C(COC(=O)C45CC6CC(C4)C(=O)C(C6)C5)O1)C(C3)C2.CC(F)(F)C(=O)OC12CC3CC(C1)C1(OCC(COC(=O)C45CC6CC(C4)C(=O)C(C6)C5)C(COC(=O)C45CC6CC(C4)C(=O)C(C6)C5)O1)C(C3)C2.c1ccc([S+](c2ccccc2)c2ccccc2)cc1. The molecule has 24 bridgehead atoms. The Morgan fingerprint density at radius 3 is 0.921 bits per heavy atom. The van der Waals surface area contributed by atoms with Crippen LogP contribution in [0.15, 0.2) is 135 Å². The second-order valence-electron chi connectivity index (χ2n) is 48.5. The normalized spacial score (nSPS) is 41.4. The third-order valence-electron chi connectivity index (χ3n) is 37.9. The molecule has 0 amide bonds. The summed E-state index contributed by atoms with van der Waals surface area (Å²) in [7, 11) is 0.417. The summed E-state index contributed by atoms with van der Waals surface area (Å²) < 4.78 is 124. The molecule has 31 rings (SSSR count). The van der Waals surface area contributed by atoms with E-state index in [4.69, 9.17) is 52.1 Å². The molecule has 27 fully saturated rings. The zero-order chi connectivity index (χ0) is 96.5. The van der Waals surface area contributed by atoms with Crippen molar-refractivity contribution in [2.45, 2.75) is 299 Å². The van der Waals surface area contributed by atoms with Crippen molar-refractivity contribution in [3.05, 3.63) is 121 Å². The highest BCUT2D eigenvalue weighted by Crippen LogP contribution is 2.69. The molecule has 139 heavy (non-hydrogen) atoms. The first kappa shape index (κ1) is 96.4. The summed E-state index contributed by atoms with van der Waals surface area (Å²) in [6, 6.07) is 41.4. The predicted molar refractivity (Wildman–Crippen MR) is 501 cm³/mol. The fourth-order valence-electron chi connectivity index (χ4n) is 32.7. The zero-order valence-electron chi connectivity index (χ0n) is 80.9. The summed E-state index contributed by atoms with van der Waals surface area (Å²) in [4.78, 5) is 137. The number of benzene rings is 4. The van der Waals surface area contributed by atoms with Gasteiger partial charge in [-0.15, -0.1) is 0 Å². The van der Waals surface area contributed by atoms with Crippen LogP contribution in [-0.4, -0.2) is 170 Å². The summed E-state index contributed by atoms with van der Waals surface area (Å²) in [6.45, 7) is 10.1. The molecule has 0 aromatic heterocycles. The first-order valence-electron chi connectivity index (χ1n) is 52.3. The van der Waals surface area contributed by atoms with Gasteiger partial charge in [0.15, 0.2) is 31.2 Å². The van der Waals surface area contributed by atoms with Crippen molar-refractivity contribution in [2.75, 3.05) is 64.4 Å². The number of carbonyl (C=O) groups is 10. The van der Waals surface area contributed by atoms with Gasteiger partial charge in [0, 0.05) is 108 Å². The molecular formula is C112H136F4O21S2+2. The minimum Gasteiger partial charge on any atom is -0.465 e. The number of alkyl halides is 4. The highest BCUT2D eigenvalue weighted by molar-refractivity contribution is 7.97. The fourth-order valence-corrected chi connectivity index (χ4v) is 36.7. The second-order valence-corrected chi connectivity index (χ2v) is 52.8. The summed E-state index contributed by atoms with van der Waals surface area (Å²) in [5.74, 6) is -10.2. The van der Waals surface area contributed by atoms with E-state index in [1.807, 2.05) is 0 Å². The van der Waals surface area contributed by atoms with Gasteiger partial charge < -0.3 is 52.1 Å². The van der Waals surface area contributed by atoms with Crippen LogP contribution in [0, 0.1) is 140 Å². The predicted octanol–water partition coefficient (Wildman–Crippen LogP) is 18.5. The van der Waals surface area contributed by atoms with Gasteiger partial charge in [0.2, 0.25) is 0 Å². The molecule has 2 spiro atoms. The van der Waals surface area contributed by atoms with E-state index in [2.05, 4.69) is 136 Å². The van der Waals surface area contributed by atoms with Gasteiger partial charge in [-0.25, -0.2) is 9.59 Å². The van der Waals surface area contributed by atoms with Gasteiger partial charge in [-0.05, 0) is 288 Å². The first-order chi connectivity index (χ1) is 66.4. The van der Waals surface area contributed by atoms with Gasteiger partial charge in [-0.1, -0.05) is 87.5 Å². The first-order valence-corrected chi connectivity index (χ1v) is 55.1. The van der Waals surface area contributed by atoms with Crippen LogP contribution in [0.4, 0.5) is 17.6 Å². The number of ketones is 4. The standard InChI is InChI=1S/2C40H50F2O10.C18H15S.C14H21OS/c2*1-36(41,42)33(45)52-39-10-22-6-28(15-39)40(29(7-22)16-39)50-18-27(17-48-34(46)37-8-20-2-23(11-37)31(43)24(3-20)12-37)30(51-40)19-49-35(47)38-9-21-4-25(13-38)32(44)26(5-21)14-38;1-4-10-16(11-5-1)19(17-12-6-2-7-13-17)18-14-8-3-9-15-18;1-14(2,3)12-4-6-13(7-5-12)16-10-8-15-9-11-16/h2*20-30H,2-19H2,1H3;1-15H;4-7H,8-11H2,1-3H3/q;;2*+1. The Morgan fingerprint density at radius 2 is 0.640 bits per heavy atom. The van der Waals surface area contributed by atoms with Gasteiger partial charge in [0.1, 0.15) is 71.3 Å². The van der Waals surface area contributed by atoms with E-state index >= 15 is 0 Å². The Kier molecular flexibility index (Phi) is 25.2. The van der Waals surface area contributed by atoms with Crippen LogP contribution in [0.5, 0.6) is 0 Å². The van der Waals surface area contributed by atoms with Gasteiger partial charge in [-0.3, -0.25) is 38.4 Å². The van der Waals surface area contributed by atoms with Crippen LogP contribution in [-0.2, 0) is 127 Å². The summed E-state index contributed by atoms with van der Waals surface area (Å²) in [5, 5.41) is 0. The molecule has 0 N–H and O–H groups in total. The average molecular weight is 1960 g/mol. The second kappa shape index (κ2) is 36.4. The lowest BCUT2D eigenvalue weighted by Crippen LogP contribution is -2.70. The topological polar surface area (TPSA) is 272 Å². The van der Waals surface area contributed by atoms with E-state index in [-0.39, 0.29) is 163 Å². The Hall–Kier alpha value is -7.40. The van der Waals surface area contributed by atoms with Crippen molar-refractivity contribution in [1.82, 2.24) is 0 Å². The molecule has 0 radical (unpaired) electrons. The lowest BCUT2D eigenvalue weighted by Gasteiger charge is -2.65. The number of rotatable bonds is 20. The third-order valence-corrected chi connectivity index (χ3v) is 42.4. The molecule has 27 aliphatic rings. The summed E-state index contributed by atoms with van der Waals surface area (Å²) in [5.41, 5.74) is -2.89. The number of Topliss-reactive ketones (excluding diaryl/α,β-unsaturated/α-hetero) is 4. The number of hydrogen-bond acceptors (Lipinski definition) is 21. The molecule has 4 aromatic carbocycles. The number of esters is 6. The smallest absolute Gasteiger partial charge is 0.377 e. The van der Waals surface area contributed by atoms with E-state index in [1.54, 1.807) is 0 Å². The van der Waals surface area contributed by atoms with Crippen LogP contribution in [0.2, 0.25) is 0 Å². The van der Waals surface area contributed by atoms with Gasteiger partial charge in [-0.2, -0.15) is 17.6 Å². The maximum atomic E-state index is 14.0. The monoisotopic (exact) mass is 1960 g/mol. The highest BCUT2D eigenvalue weighted by Gasteiger charge is 2.72. The van der Waals surface area contributed by atoms with Crippen LogP contribution >= 0.6 is 0 Å². The molecule has 16 unspecified atom stereocenters. The number of hydrogen-bond donors (Lipinski definition) is 0. The Morgan fingerprint density at radius 1 is 0.360 bits per heavy atom. The van der Waals surface area contributed by atoms with Gasteiger partial charge in [0.05, 0.1) is 72.2 Å². The van der Waals surface area contributed by atoms with Gasteiger partial charge >= 0.3 is 47.7 Å². The molecule has 3 heterocycles. The van der Waals surface area contributed by atoms with E-state index in [0.29, 0.717) is 161 Å². The third kappa shape index (κ3) is 18.0. The van der Waals surface area contributed by atoms with Crippen LogP contribution < -0.4 is 0 Å². The van der Waals surface area contributed by atoms with Gasteiger partial charge in [0.25, 0.3) is 0 Å². The maximum absolute atomic E-state index is 14.0. The lowest BCUT2D eigenvalue weighted by molar-refractivity contribution is -0.402. The Bertz CT molecular complexity index is 4950. The molecule has 4 aromatic rings. The quantitative estimate of drug-likeness (QED) is 0.0344. The number of ether oxygens (including phenoxy) is 11. The zero-order valence-corrected chi connectivity index (χ0v) is 82.5. The van der Waals surface area contributed by atoms with E-state index in [1.165, 1.54) is 36.7 Å². The van der Waals surface area contributed by atoms with E-state index < -0.39 is 92.3 Å². The van der Waals surface area contributed by atoms with Crippen molar-refractivity contribution in [3.8, 4) is 0 Å². The average Bonchev–Trinajstić information content (AvgIpc) is 0.694. The number of carbonyl (C=O) groups excluding carboxylic acids is 10. The minimum atomic E-state index is -3.59. The van der Waals surface area contributed by atoms with E-state index in [9.17, 15) is 65.5 Å². The van der Waals surface area contributed by atoms with Crippen molar-refractivity contribution in [3.63, 3.8) is 0 Å². The fraction of sp³-hybridized carbons (Fsp3) is 0.696.